The molecule has 0 saturated carbocycles. The van der Waals surface area contributed by atoms with Crippen molar-refractivity contribution in [1.29, 1.82) is 0 Å². The van der Waals surface area contributed by atoms with Crippen LogP contribution < -0.4 is 17.2 Å². The van der Waals surface area contributed by atoms with Crippen molar-refractivity contribution in [3.8, 4) is 0 Å². The van der Waals surface area contributed by atoms with Gasteiger partial charge in [0.05, 0.1) is 0 Å². The fourth-order valence-electron chi connectivity index (χ4n) is 0.808. The molecule has 7 N–H and O–H groups in total. The van der Waals surface area contributed by atoms with Gasteiger partial charge in [-0.1, -0.05) is 13.8 Å². The molecule has 0 radical (unpaired) electrons. The van der Waals surface area contributed by atoms with E-state index >= 15 is 0 Å². The first-order valence-corrected chi connectivity index (χ1v) is 5.08. The maximum absolute atomic E-state index is 10.3. The summed E-state index contributed by atoms with van der Waals surface area (Å²) in [5.74, 6) is -0.913. The van der Waals surface area contributed by atoms with Crippen molar-refractivity contribution in [2.75, 3.05) is 6.54 Å². The predicted octanol–water partition coefficient (Wildman–Crippen LogP) is -0.132. The van der Waals surface area contributed by atoms with Crippen molar-refractivity contribution in [3.63, 3.8) is 0 Å². The van der Waals surface area contributed by atoms with Gasteiger partial charge < -0.3 is 22.3 Å². The van der Waals surface area contributed by atoms with Gasteiger partial charge in [0, 0.05) is 6.54 Å². The molecule has 0 rings (SSSR count). The molecule has 0 aromatic carbocycles. The summed E-state index contributed by atoms with van der Waals surface area (Å²) >= 11 is 0. The van der Waals surface area contributed by atoms with E-state index in [0.717, 1.165) is 6.42 Å². The van der Waals surface area contributed by atoms with Gasteiger partial charge in [-0.2, -0.15) is 0 Å². The largest absolute Gasteiger partial charge is 0.480 e. The summed E-state index contributed by atoms with van der Waals surface area (Å²) in [6.07, 6.45) is 1.92. The molecule has 0 aliphatic heterocycles. The van der Waals surface area contributed by atoms with E-state index in [2.05, 4.69) is 4.99 Å². The van der Waals surface area contributed by atoms with Crippen LogP contribution in [0.25, 0.3) is 0 Å². The van der Waals surface area contributed by atoms with Crippen molar-refractivity contribution in [1.82, 2.24) is 0 Å². The molecule has 0 bridgehead atoms. The SMILES string of the molecule is CC.NC(N)=NCCCCC(N)C(=O)O. The van der Waals surface area contributed by atoms with Crippen molar-refractivity contribution >= 4 is 11.9 Å². The van der Waals surface area contributed by atoms with Gasteiger partial charge >= 0.3 is 5.97 Å². The van der Waals surface area contributed by atoms with Crippen LogP contribution in [0.5, 0.6) is 0 Å². The molecule has 0 aliphatic carbocycles. The van der Waals surface area contributed by atoms with Crippen LogP contribution in [0.3, 0.4) is 0 Å². The number of nitrogens with zero attached hydrogens (tertiary/aromatic N) is 1. The van der Waals surface area contributed by atoms with Crippen LogP contribution in [-0.2, 0) is 4.79 Å². The second-order valence-corrected chi connectivity index (χ2v) is 2.75. The van der Waals surface area contributed by atoms with Gasteiger partial charge in [0.1, 0.15) is 6.04 Å². The second kappa shape index (κ2) is 10.8. The Labute approximate surface area is 90.5 Å². The lowest BCUT2D eigenvalue weighted by molar-refractivity contribution is -0.138. The van der Waals surface area contributed by atoms with E-state index in [0.29, 0.717) is 19.4 Å². The number of aliphatic imine (C=N–C) groups is 1. The minimum absolute atomic E-state index is 0.0579. The van der Waals surface area contributed by atoms with Crippen LogP contribution in [0, 0.1) is 0 Å². The van der Waals surface area contributed by atoms with Crippen LogP contribution in [0.4, 0.5) is 0 Å². The molecular formula is C9H22N4O2. The quantitative estimate of drug-likeness (QED) is 0.280. The number of carboxylic acid groups (broad SMARTS) is 1. The summed E-state index contributed by atoms with van der Waals surface area (Å²) in [7, 11) is 0. The smallest absolute Gasteiger partial charge is 0.320 e. The zero-order valence-electron chi connectivity index (χ0n) is 9.44. The zero-order chi connectivity index (χ0) is 12.3. The molecule has 0 aliphatic rings. The lowest BCUT2D eigenvalue weighted by atomic mass is 10.1. The topological polar surface area (TPSA) is 128 Å². The number of hydrogen-bond acceptors (Lipinski definition) is 3. The summed E-state index contributed by atoms with van der Waals surface area (Å²) in [6, 6.07) is -0.779. The minimum Gasteiger partial charge on any atom is -0.480 e. The molecule has 90 valence electrons. The van der Waals surface area contributed by atoms with Crippen LogP contribution in [0.1, 0.15) is 33.1 Å². The van der Waals surface area contributed by atoms with Crippen LogP contribution >= 0.6 is 0 Å². The average molecular weight is 218 g/mol. The second-order valence-electron chi connectivity index (χ2n) is 2.75. The third-order valence-corrected chi connectivity index (χ3v) is 1.53. The van der Waals surface area contributed by atoms with Gasteiger partial charge in [0.15, 0.2) is 5.96 Å². The maximum Gasteiger partial charge on any atom is 0.320 e. The Balaban J connectivity index is 0. The molecule has 15 heavy (non-hydrogen) atoms. The first kappa shape index (κ1) is 16.1. The normalized spacial score (nSPS) is 10.9. The highest BCUT2D eigenvalue weighted by Gasteiger charge is 2.09. The molecule has 1 atom stereocenters. The number of aliphatic carboxylic acids is 1. The highest BCUT2D eigenvalue weighted by molar-refractivity contribution is 5.75. The van der Waals surface area contributed by atoms with E-state index in [9.17, 15) is 4.79 Å². The lowest BCUT2D eigenvalue weighted by Crippen LogP contribution is -2.29. The first-order valence-electron chi connectivity index (χ1n) is 5.08. The molecule has 0 amide bonds. The van der Waals surface area contributed by atoms with E-state index in [1.165, 1.54) is 0 Å². The summed E-state index contributed by atoms with van der Waals surface area (Å²) in [6.45, 7) is 4.52. The number of hydrogen-bond donors (Lipinski definition) is 4. The monoisotopic (exact) mass is 218 g/mol. The van der Waals surface area contributed by atoms with Crippen LogP contribution in [-0.4, -0.2) is 29.6 Å². The van der Waals surface area contributed by atoms with Gasteiger partial charge in [0.2, 0.25) is 0 Å². The highest BCUT2D eigenvalue weighted by Crippen LogP contribution is 1.99. The molecule has 6 nitrogen and oxygen atoms in total. The predicted molar refractivity (Wildman–Crippen MR) is 61.5 cm³/mol. The molecule has 1 unspecified atom stereocenters. The molecule has 0 aromatic heterocycles. The first-order chi connectivity index (χ1) is 7.04. The molecule has 0 spiro atoms. The Morgan fingerprint density at radius 1 is 1.33 bits per heavy atom. The van der Waals surface area contributed by atoms with E-state index in [1.54, 1.807) is 0 Å². The fraction of sp³-hybridized carbons (Fsp3) is 0.778. The molecule has 0 heterocycles. The molecular weight excluding hydrogens is 196 g/mol. The lowest BCUT2D eigenvalue weighted by Gasteiger charge is -2.04. The van der Waals surface area contributed by atoms with Crippen LogP contribution in [0.15, 0.2) is 4.99 Å². The highest BCUT2D eigenvalue weighted by atomic mass is 16.4. The summed E-state index contributed by atoms with van der Waals surface area (Å²) in [5.41, 5.74) is 15.5. The van der Waals surface area contributed by atoms with Crippen molar-refractivity contribution < 1.29 is 9.90 Å². The molecule has 0 fully saturated rings. The Hall–Kier alpha value is -1.30. The van der Waals surface area contributed by atoms with E-state index in [-0.39, 0.29) is 5.96 Å². The van der Waals surface area contributed by atoms with Gasteiger partial charge in [-0.25, -0.2) is 0 Å². The number of carboxylic acids is 1. The average Bonchev–Trinajstić information content (AvgIpc) is 2.19. The minimum atomic E-state index is -0.971. The van der Waals surface area contributed by atoms with Crippen molar-refractivity contribution in [3.05, 3.63) is 0 Å². The Kier molecular flexibility index (Phi) is 11.6. The number of unbranched alkanes of at least 4 members (excludes halogenated alkanes) is 1. The van der Waals surface area contributed by atoms with E-state index in [1.807, 2.05) is 13.8 Å². The maximum atomic E-state index is 10.3. The third-order valence-electron chi connectivity index (χ3n) is 1.53. The summed E-state index contributed by atoms with van der Waals surface area (Å²) < 4.78 is 0. The standard InChI is InChI=1S/C7H16N4O2.C2H6/c8-5(6(12)13)3-1-2-4-11-7(9)10;1-2/h5H,1-4,8H2,(H,12,13)(H4,9,10,11);1-2H3. The molecule has 0 aromatic rings. The van der Waals surface area contributed by atoms with E-state index < -0.39 is 12.0 Å². The molecule has 6 heteroatoms. The Morgan fingerprint density at radius 3 is 2.27 bits per heavy atom. The van der Waals surface area contributed by atoms with Crippen LogP contribution in [0.2, 0.25) is 0 Å². The van der Waals surface area contributed by atoms with Gasteiger partial charge in [0.25, 0.3) is 0 Å². The number of guanidine groups is 1. The van der Waals surface area contributed by atoms with Crippen molar-refractivity contribution in [2.45, 2.75) is 39.2 Å². The number of carbonyl (C=O) groups is 1. The number of rotatable bonds is 6. The third kappa shape index (κ3) is 12.7. The fourth-order valence-corrected chi connectivity index (χ4v) is 0.808. The van der Waals surface area contributed by atoms with Gasteiger partial charge in [-0.15, -0.1) is 0 Å². The van der Waals surface area contributed by atoms with Crippen molar-refractivity contribution in [2.24, 2.45) is 22.2 Å². The molecule has 0 saturated heterocycles. The number of nitrogens with two attached hydrogens (primary N) is 3. The van der Waals surface area contributed by atoms with Gasteiger partial charge in [-0.05, 0) is 19.3 Å². The Bertz CT molecular complexity index is 191. The summed E-state index contributed by atoms with van der Waals surface area (Å²) in [5, 5.41) is 8.43. The van der Waals surface area contributed by atoms with Gasteiger partial charge in [-0.3, -0.25) is 9.79 Å². The zero-order valence-corrected chi connectivity index (χ0v) is 9.44. The Morgan fingerprint density at radius 2 is 1.87 bits per heavy atom. The summed E-state index contributed by atoms with van der Waals surface area (Å²) in [4.78, 5) is 14.0. The van der Waals surface area contributed by atoms with E-state index in [4.69, 9.17) is 22.3 Å².